The molecule has 0 aromatic heterocycles. The minimum absolute atomic E-state index is 0.0492. The number of cyclic esters (lactones) is 1. The zero-order valence-corrected chi connectivity index (χ0v) is 18.5. The summed E-state index contributed by atoms with van der Waals surface area (Å²) in [6.07, 6.45) is 5.29. The molecule has 7 nitrogen and oxygen atoms in total. The lowest BCUT2D eigenvalue weighted by Gasteiger charge is -2.24. The molecule has 0 spiro atoms. The number of ether oxygens (including phenoxy) is 1. The summed E-state index contributed by atoms with van der Waals surface area (Å²) in [6, 6.07) is 9.56. The Bertz CT molecular complexity index is 750. The maximum atomic E-state index is 13.0. The molecule has 2 amide bonds. The Balaban J connectivity index is 2.07. The first-order valence-corrected chi connectivity index (χ1v) is 11.0. The normalized spacial score (nSPS) is 24.0. The summed E-state index contributed by atoms with van der Waals surface area (Å²) in [5.74, 6) is -1.41. The fourth-order valence-corrected chi connectivity index (χ4v) is 3.43. The first kappa shape index (κ1) is 24.6. The van der Waals surface area contributed by atoms with E-state index in [1.807, 2.05) is 49.4 Å². The van der Waals surface area contributed by atoms with E-state index in [2.05, 4.69) is 5.32 Å². The molecule has 3 atom stereocenters. The summed E-state index contributed by atoms with van der Waals surface area (Å²) in [4.78, 5) is 39.4. The van der Waals surface area contributed by atoms with Gasteiger partial charge in [-0.1, -0.05) is 49.4 Å². The Kier molecular flexibility index (Phi) is 10.2. The molecule has 0 saturated heterocycles. The van der Waals surface area contributed by atoms with Crippen LogP contribution in [-0.4, -0.2) is 53.6 Å². The molecule has 1 aliphatic heterocycles. The third-order valence-corrected chi connectivity index (χ3v) is 5.37. The Morgan fingerprint density at radius 2 is 1.94 bits per heavy atom. The van der Waals surface area contributed by atoms with Crippen LogP contribution in [0.3, 0.4) is 0 Å². The first-order valence-electron chi connectivity index (χ1n) is 11.0. The van der Waals surface area contributed by atoms with Gasteiger partial charge < -0.3 is 20.1 Å². The third-order valence-electron chi connectivity index (χ3n) is 5.37. The highest BCUT2D eigenvalue weighted by Crippen LogP contribution is 2.17. The number of allylic oxidation sites excluding steroid dienone is 2. The van der Waals surface area contributed by atoms with E-state index in [-0.39, 0.29) is 49.8 Å². The summed E-state index contributed by atoms with van der Waals surface area (Å²) >= 11 is 0. The van der Waals surface area contributed by atoms with Crippen molar-refractivity contribution in [1.82, 2.24) is 10.2 Å². The number of carbonyl (C=O) groups excluding carboxylic acids is 3. The van der Waals surface area contributed by atoms with E-state index >= 15 is 0 Å². The van der Waals surface area contributed by atoms with Gasteiger partial charge in [0.25, 0.3) is 0 Å². The number of nitrogens with zero attached hydrogens (tertiary/aromatic N) is 1. The largest absolute Gasteiger partial charge is 0.461 e. The second-order valence-corrected chi connectivity index (χ2v) is 8.10. The lowest BCUT2D eigenvalue weighted by Crippen LogP contribution is -2.40. The van der Waals surface area contributed by atoms with Gasteiger partial charge in [-0.15, -0.1) is 0 Å². The van der Waals surface area contributed by atoms with Crippen molar-refractivity contribution in [1.29, 1.82) is 0 Å². The average molecular weight is 431 g/mol. The van der Waals surface area contributed by atoms with Gasteiger partial charge >= 0.3 is 5.97 Å². The van der Waals surface area contributed by atoms with Crippen LogP contribution in [0.1, 0.15) is 45.1 Å². The molecule has 1 aromatic carbocycles. The Morgan fingerprint density at radius 3 is 2.65 bits per heavy atom. The van der Waals surface area contributed by atoms with Crippen molar-refractivity contribution in [3.63, 3.8) is 0 Å². The number of benzene rings is 1. The molecule has 0 saturated carbocycles. The van der Waals surface area contributed by atoms with Crippen LogP contribution in [0, 0.1) is 11.8 Å². The molecule has 0 aliphatic carbocycles. The Hall–Kier alpha value is -2.67. The summed E-state index contributed by atoms with van der Waals surface area (Å²) in [7, 11) is 0. The predicted molar refractivity (Wildman–Crippen MR) is 118 cm³/mol. The van der Waals surface area contributed by atoms with Crippen molar-refractivity contribution in [2.45, 2.75) is 52.2 Å². The van der Waals surface area contributed by atoms with E-state index in [1.54, 1.807) is 11.8 Å². The fraction of sp³-hybridized carbons (Fsp3) is 0.542. The summed E-state index contributed by atoms with van der Waals surface area (Å²) < 4.78 is 5.40. The zero-order chi connectivity index (χ0) is 22.6. The van der Waals surface area contributed by atoms with Crippen molar-refractivity contribution >= 4 is 17.8 Å². The Labute approximate surface area is 184 Å². The highest BCUT2D eigenvalue weighted by Gasteiger charge is 2.25. The monoisotopic (exact) mass is 430 g/mol. The highest BCUT2D eigenvalue weighted by atomic mass is 16.5. The average Bonchev–Trinajstić information content (AvgIpc) is 2.76. The quantitative estimate of drug-likeness (QED) is 0.534. The molecular formula is C24H34N2O5. The van der Waals surface area contributed by atoms with Crippen LogP contribution in [0.15, 0.2) is 42.5 Å². The van der Waals surface area contributed by atoms with Crippen molar-refractivity contribution in [2.75, 3.05) is 19.7 Å². The molecule has 0 fully saturated rings. The minimum Gasteiger partial charge on any atom is -0.461 e. The van der Waals surface area contributed by atoms with Gasteiger partial charge in [-0.3, -0.25) is 14.4 Å². The van der Waals surface area contributed by atoms with Gasteiger partial charge in [-0.2, -0.15) is 0 Å². The lowest BCUT2D eigenvalue weighted by atomic mass is 9.98. The van der Waals surface area contributed by atoms with E-state index in [0.717, 1.165) is 5.56 Å². The van der Waals surface area contributed by atoms with Crippen LogP contribution < -0.4 is 5.32 Å². The number of hydrogen-bond donors (Lipinski definition) is 2. The molecule has 170 valence electrons. The van der Waals surface area contributed by atoms with Crippen molar-refractivity contribution in [2.24, 2.45) is 11.8 Å². The third kappa shape index (κ3) is 8.53. The van der Waals surface area contributed by atoms with Gasteiger partial charge in [0.05, 0.1) is 25.0 Å². The van der Waals surface area contributed by atoms with Gasteiger partial charge in [0.2, 0.25) is 11.8 Å². The molecule has 1 aromatic rings. The van der Waals surface area contributed by atoms with Crippen molar-refractivity contribution in [3.8, 4) is 0 Å². The smallest absolute Gasteiger partial charge is 0.308 e. The second-order valence-electron chi connectivity index (χ2n) is 8.10. The minimum atomic E-state index is -0.526. The van der Waals surface area contributed by atoms with E-state index in [1.165, 1.54) is 0 Å². The van der Waals surface area contributed by atoms with Gasteiger partial charge in [0.1, 0.15) is 6.10 Å². The number of amides is 2. The number of aliphatic hydroxyl groups excluding tert-OH is 1. The lowest BCUT2D eigenvalue weighted by molar-refractivity contribution is -0.153. The van der Waals surface area contributed by atoms with Gasteiger partial charge in [0.15, 0.2) is 0 Å². The summed E-state index contributed by atoms with van der Waals surface area (Å²) in [6.45, 7) is 4.24. The second kappa shape index (κ2) is 12.9. The molecule has 0 bridgehead atoms. The first-order chi connectivity index (χ1) is 14.9. The number of rotatable bonds is 6. The molecule has 31 heavy (non-hydrogen) atoms. The van der Waals surface area contributed by atoms with E-state index < -0.39 is 12.0 Å². The number of aliphatic hydroxyl groups is 1. The standard InChI is InChI=1S/C24H34N2O5/c1-18-9-5-3-8-12-21(23(29)25-16-19(2)31-24(18)30)15-22(28)26(13-14-27)17-20-10-6-4-7-11-20/h3-4,6-8,10-11,18-19,21,27H,5,9,12-17H2,1-2H3,(H,25,29)/b8-3+/t18-,19-,21+/m0/s1. The molecule has 1 heterocycles. The number of esters is 1. The van der Waals surface area contributed by atoms with E-state index in [0.29, 0.717) is 25.8 Å². The van der Waals surface area contributed by atoms with Crippen LogP contribution in [0.2, 0.25) is 0 Å². The van der Waals surface area contributed by atoms with E-state index in [4.69, 9.17) is 4.74 Å². The van der Waals surface area contributed by atoms with Crippen LogP contribution in [0.5, 0.6) is 0 Å². The van der Waals surface area contributed by atoms with Crippen LogP contribution in [0.25, 0.3) is 0 Å². The maximum Gasteiger partial charge on any atom is 0.308 e. The zero-order valence-electron chi connectivity index (χ0n) is 18.5. The van der Waals surface area contributed by atoms with Crippen LogP contribution in [0.4, 0.5) is 0 Å². The number of hydrogen-bond acceptors (Lipinski definition) is 5. The summed E-state index contributed by atoms with van der Waals surface area (Å²) in [5, 5.41) is 12.2. The van der Waals surface area contributed by atoms with E-state index in [9.17, 15) is 19.5 Å². The number of nitrogens with one attached hydrogen (secondary N) is 1. The summed E-state index contributed by atoms with van der Waals surface area (Å²) in [5.41, 5.74) is 0.966. The SMILES string of the molecule is C[C@H]1CNC(=O)[C@@H](CC(=O)N(CCO)Cc2ccccc2)C/C=C/CC[C@H](C)C(=O)O1. The highest BCUT2D eigenvalue weighted by molar-refractivity contribution is 5.86. The molecule has 7 heteroatoms. The van der Waals surface area contributed by atoms with Crippen LogP contribution >= 0.6 is 0 Å². The van der Waals surface area contributed by atoms with Crippen molar-refractivity contribution in [3.05, 3.63) is 48.0 Å². The Morgan fingerprint density at radius 1 is 1.19 bits per heavy atom. The van der Waals surface area contributed by atoms with Gasteiger partial charge in [0, 0.05) is 19.5 Å². The number of carbonyl (C=O) groups is 3. The van der Waals surface area contributed by atoms with Crippen molar-refractivity contribution < 1.29 is 24.2 Å². The topological polar surface area (TPSA) is 95.9 Å². The molecular weight excluding hydrogens is 396 g/mol. The molecule has 2 rings (SSSR count). The fourth-order valence-electron chi connectivity index (χ4n) is 3.43. The molecule has 0 radical (unpaired) electrons. The van der Waals surface area contributed by atoms with Gasteiger partial charge in [-0.25, -0.2) is 0 Å². The maximum absolute atomic E-state index is 13.0. The predicted octanol–water partition coefficient (Wildman–Crippen LogP) is 2.44. The van der Waals surface area contributed by atoms with Gasteiger partial charge in [-0.05, 0) is 31.7 Å². The molecule has 0 unspecified atom stereocenters. The molecule has 1 aliphatic rings. The molecule has 2 N–H and O–H groups in total. The van der Waals surface area contributed by atoms with Crippen LogP contribution in [-0.2, 0) is 25.7 Å².